The Morgan fingerprint density at radius 1 is 1.10 bits per heavy atom. The molecule has 2 aromatic carbocycles. The van der Waals surface area contributed by atoms with Crippen molar-refractivity contribution in [3.8, 4) is 16.8 Å². The molecule has 4 heteroatoms. The number of hydrogen-bond acceptors (Lipinski definition) is 2. The minimum absolute atomic E-state index is 0.00777. The van der Waals surface area contributed by atoms with Crippen LogP contribution in [0.25, 0.3) is 21.7 Å². The molecule has 5 rings (SSSR count). The molecule has 1 N–H and O–H groups in total. The number of aliphatic hydroxyl groups is 1. The first kappa shape index (κ1) is 19.6. The number of imidazole rings is 1. The van der Waals surface area contributed by atoms with Crippen molar-refractivity contribution in [1.29, 1.82) is 0 Å². The molecule has 3 aromatic rings. The summed E-state index contributed by atoms with van der Waals surface area (Å²) in [5.41, 5.74) is 6.17. The maximum absolute atomic E-state index is 10.5. The lowest BCUT2D eigenvalue weighted by molar-refractivity contribution is 0.135. The van der Waals surface area contributed by atoms with Gasteiger partial charge in [-0.3, -0.25) is 0 Å². The summed E-state index contributed by atoms with van der Waals surface area (Å²) in [4.78, 5) is 8.71. The molecule has 4 nitrogen and oxygen atoms in total. The summed E-state index contributed by atoms with van der Waals surface area (Å²) in [6.45, 7) is 13.9. The first-order valence-corrected chi connectivity index (χ1v) is 11.0. The monoisotopic (exact) mass is 409 g/mol. The third kappa shape index (κ3) is 2.91. The highest BCUT2D eigenvalue weighted by Gasteiger charge is 2.50. The molecule has 2 aliphatic rings. The third-order valence-electron chi connectivity index (χ3n) is 7.42. The van der Waals surface area contributed by atoms with Crippen molar-refractivity contribution in [2.45, 2.75) is 45.4 Å². The number of aliphatic hydroxyl groups excluding tert-OH is 1. The summed E-state index contributed by atoms with van der Waals surface area (Å²) in [7, 11) is 0. The molecular weight excluding hydrogens is 382 g/mol. The van der Waals surface area contributed by atoms with Crippen molar-refractivity contribution < 1.29 is 5.11 Å². The van der Waals surface area contributed by atoms with E-state index in [9.17, 15) is 5.11 Å². The van der Waals surface area contributed by atoms with Gasteiger partial charge in [0, 0.05) is 22.7 Å². The van der Waals surface area contributed by atoms with E-state index in [0.29, 0.717) is 18.0 Å². The van der Waals surface area contributed by atoms with Gasteiger partial charge in [-0.25, -0.2) is 9.83 Å². The van der Waals surface area contributed by atoms with Crippen LogP contribution in [0, 0.1) is 25.3 Å². The molecule has 0 radical (unpaired) electrons. The number of fused-ring (bicyclic) bond motifs is 3. The first-order chi connectivity index (χ1) is 14.9. The Balaban J connectivity index is 1.58. The highest BCUT2D eigenvalue weighted by atomic mass is 16.3. The van der Waals surface area contributed by atoms with Crippen LogP contribution in [0.3, 0.4) is 0 Å². The Morgan fingerprint density at radius 2 is 1.77 bits per heavy atom. The fourth-order valence-corrected chi connectivity index (χ4v) is 5.83. The van der Waals surface area contributed by atoms with Gasteiger partial charge in [-0.1, -0.05) is 56.3 Å². The number of aryl methyl sites for hydroxylation is 1. The molecule has 2 aliphatic carbocycles. The van der Waals surface area contributed by atoms with Crippen LogP contribution in [0.4, 0.5) is 0 Å². The Kier molecular flexibility index (Phi) is 4.51. The topological polar surface area (TPSA) is 42.4 Å². The average Bonchev–Trinajstić information content (AvgIpc) is 3.14. The van der Waals surface area contributed by atoms with Crippen molar-refractivity contribution in [3.05, 3.63) is 94.7 Å². The molecule has 0 aliphatic heterocycles. The van der Waals surface area contributed by atoms with Gasteiger partial charge >= 0.3 is 0 Å². The van der Waals surface area contributed by atoms with Gasteiger partial charge in [-0.15, -0.1) is 0 Å². The molecule has 156 valence electrons. The largest absolute Gasteiger partial charge is 0.523 e. The standard InChI is InChI=1S/C27H27N3O/c1-17-22-14-15-24-26(27(22,3)16-23(28-4)25(17)31)29-18(2)30(24)21-12-10-20(11-13-21)19-8-6-5-7-9-19/h5-13,17,22,31H,14-16H2,1-3H3/t17-,22-,27-/m0/s1. The second-order valence-electron chi connectivity index (χ2n) is 9.17. The Morgan fingerprint density at radius 3 is 2.45 bits per heavy atom. The molecule has 0 fully saturated rings. The second-order valence-corrected chi connectivity index (χ2v) is 9.17. The highest BCUT2D eigenvalue weighted by Crippen LogP contribution is 2.53. The van der Waals surface area contributed by atoms with Crippen LogP contribution < -0.4 is 0 Å². The van der Waals surface area contributed by atoms with E-state index in [0.717, 1.165) is 30.0 Å². The first-order valence-electron chi connectivity index (χ1n) is 11.0. The molecule has 1 heterocycles. The van der Waals surface area contributed by atoms with E-state index in [2.05, 4.69) is 78.7 Å². The van der Waals surface area contributed by atoms with Crippen LogP contribution >= 0.6 is 0 Å². The summed E-state index contributed by atoms with van der Waals surface area (Å²) in [5, 5.41) is 10.5. The maximum Gasteiger partial charge on any atom is 0.203 e. The van der Waals surface area contributed by atoms with E-state index in [-0.39, 0.29) is 17.1 Å². The third-order valence-corrected chi connectivity index (χ3v) is 7.42. The van der Waals surface area contributed by atoms with Gasteiger partial charge in [-0.05, 0) is 55.4 Å². The molecular formula is C27H27N3O. The number of rotatable bonds is 2. The second kappa shape index (κ2) is 7.13. The van der Waals surface area contributed by atoms with Crippen LogP contribution in [0.2, 0.25) is 0 Å². The van der Waals surface area contributed by atoms with E-state index in [1.54, 1.807) is 0 Å². The zero-order valence-corrected chi connectivity index (χ0v) is 18.3. The molecule has 0 saturated heterocycles. The number of aromatic nitrogens is 2. The van der Waals surface area contributed by atoms with Crippen LogP contribution in [0.1, 0.15) is 43.9 Å². The minimum atomic E-state index is -0.223. The van der Waals surface area contributed by atoms with Crippen LogP contribution in [-0.2, 0) is 11.8 Å². The number of nitrogens with zero attached hydrogens (tertiary/aromatic N) is 3. The van der Waals surface area contributed by atoms with Gasteiger partial charge < -0.3 is 9.67 Å². The van der Waals surface area contributed by atoms with Gasteiger partial charge in [0.1, 0.15) is 5.82 Å². The predicted octanol–water partition coefficient (Wildman–Crippen LogP) is 6.40. The maximum atomic E-state index is 10.5. The van der Waals surface area contributed by atoms with E-state index >= 15 is 0 Å². The number of allylic oxidation sites excluding steroid dienone is 2. The molecule has 31 heavy (non-hydrogen) atoms. The SMILES string of the molecule is [C-]#[N+]C1=C(O)[C@@H](C)[C@@H]2CCc3c(nc(C)n3-c3ccc(-c4ccccc4)cc3)[C@@]2(C)C1. The van der Waals surface area contributed by atoms with Crippen molar-refractivity contribution >= 4 is 0 Å². The summed E-state index contributed by atoms with van der Waals surface area (Å²) >= 11 is 0. The van der Waals surface area contributed by atoms with E-state index < -0.39 is 0 Å². The van der Waals surface area contributed by atoms with Crippen LogP contribution in [-0.4, -0.2) is 14.7 Å². The lowest BCUT2D eigenvalue weighted by Gasteiger charge is -2.47. The predicted molar refractivity (Wildman–Crippen MR) is 123 cm³/mol. The van der Waals surface area contributed by atoms with E-state index in [1.807, 2.05) is 6.07 Å². The number of hydrogen-bond donors (Lipinski definition) is 1. The van der Waals surface area contributed by atoms with Gasteiger partial charge in [0.15, 0.2) is 0 Å². The quantitative estimate of drug-likeness (QED) is 0.498. The fourth-order valence-electron chi connectivity index (χ4n) is 5.83. The molecule has 1 aromatic heterocycles. The van der Waals surface area contributed by atoms with Crippen molar-refractivity contribution in [1.82, 2.24) is 9.55 Å². The lowest BCUT2D eigenvalue weighted by Crippen LogP contribution is -2.44. The number of benzene rings is 2. The normalized spacial score (nSPS) is 25.0. The molecule has 0 saturated carbocycles. The smallest absolute Gasteiger partial charge is 0.203 e. The van der Waals surface area contributed by atoms with Gasteiger partial charge in [0.05, 0.1) is 18.0 Å². The van der Waals surface area contributed by atoms with Crippen LogP contribution in [0.15, 0.2) is 66.1 Å². The summed E-state index contributed by atoms with van der Waals surface area (Å²) in [6.07, 6.45) is 2.49. The highest BCUT2D eigenvalue weighted by molar-refractivity contribution is 5.64. The van der Waals surface area contributed by atoms with Crippen molar-refractivity contribution in [3.63, 3.8) is 0 Å². The Bertz CT molecular complexity index is 1210. The zero-order chi connectivity index (χ0) is 21.8. The summed E-state index contributed by atoms with van der Waals surface area (Å²) in [5.74, 6) is 1.56. The molecule has 3 atom stereocenters. The van der Waals surface area contributed by atoms with Gasteiger partial charge in [0.2, 0.25) is 5.70 Å². The Labute approximate surface area is 183 Å². The van der Waals surface area contributed by atoms with Crippen molar-refractivity contribution in [2.75, 3.05) is 0 Å². The zero-order valence-electron chi connectivity index (χ0n) is 18.3. The van der Waals surface area contributed by atoms with Gasteiger partial charge in [0.25, 0.3) is 0 Å². The van der Waals surface area contributed by atoms with Crippen LogP contribution in [0.5, 0.6) is 0 Å². The molecule has 0 amide bonds. The molecule has 0 spiro atoms. The Hall–Kier alpha value is -3.32. The summed E-state index contributed by atoms with van der Waals surface area (Å²) < 4.78 is 2.28. The van der Waals surface area contributed by atoms with Gasteiger partial charge in [-0.2, -0.15) is 0 Å². The lowest BCUT2D eigenvalue weighted by atomic mass is 9.58. The molecule has 0 unspecified atom stereocenters. The van der Waals surface area contributed by atoms with E-state index in [1.165, 1.54) is 16.8 Å². The van der Waals surface area contributed by atoms with E-state index in [4.69, 9.17) is 11.6 Å². The fraction of sp³-hybridized carbons (Fsp3) is 0.333. The average molecular weight is 410 g/mol. The molecule has 0 bridgehead atoms. The minimum Gasteiger partial charge on any atom is -0.523 e. The van der Waals surface area contributed by atoms with Crippen molar-refractivity contribution in [2.24, 2.45) is 11.8 Å². The summed E-state index contributed by atoms with van der Waals surface area (Å²) in [6, 6.07) is 19.1.